The maximum absolute atomic E-state index is 13.0. The largest absolute Gasteiger partial charge is 0.497 e. The van der Waals surface area contributed by atoms with Gasteiger partial charge in [-0.05, 0) is 75.6 Å². The topological polar surface area (TPSA) is 47.6 Å². The quantitative estimate of drug-likeness (QED) is 0.873. The van der Waals surface area contributed by atoms with E-state index in [1.54, 1.807) is 7.11 Å². The second-order valence-electron chi connectivity index (χ2n) is 7.75. The lowest BCUT2D eigenvalue weighted by atomic mass is 9.89. The van der Waals surface area contributed by atoms with Crippen LogP contribution in [0, 0.1) is 20.8 Å². The molecule has 0 aromatic heterocycles. The summed E-state index contributed by atoms with van der Waals surface area (Å²) in [6, 6.07) is 9.65. The second kappa shape index (κ2) is 6.67. The highest BCUT2D eigenvalue weighted by molar-refractivity contribution is 5.96. The van der Waals surface area contributed by atoms with Crippen molar-refractivity contribution in [3.8, 4) is 11.5 Å². The Hall–Kier alpha value is -2.49. The minimum Gasteiger partial charge on any atom is -0.497 e. The SMILES string of the molecule is COc1ccc2c(c1)[C@H](NC(=O)c1cc(C)c(C)cc1C)CC(C)(C)O2. The molecule has 1 aliphatic rings. The Kier molecular flexibility index (Phi) is 4.70. The molecule has 1 amide bonds. The molecule has 0 saturated carbocycles. The molecule has 0 unspecified atom stereocenters. The van der Waals surface area contributed by atoms with Crippen LogP contribution in [0.15, 0.2) is 30.3 Å². The van der Waals surface area contributed by atoms with Crippen LogP contribution in [-0.4, -0.2) is 18.6 Å². The molecule has 0 bridgehead atoms. The number of carbonyl (C=O) groups excluding carboxylic acids is 1. The molecule has 4 nitrogen and oxygen atoms in total. The molecule has 1 N–H and O–H groups in total. The van der Waals surface area contributed by atoms with Gasteiger partial charge in [0.05, 0.1) is 13.2 Å². The lowest BCUT2D eigenvalue weighted by molar-refractivity contribution is 0.0618. The minimum atomic E-state index is -0.349. The third-order valence-corrected chi connectivity index (χ3v) is 5.06. The van der Waals surface area contributed by atoms with Crippen molar-refractivity contribution in [3.05, 3.63) is 58.1 Å². The fourth-order valence-corrected chi connectivity index (χ4v) is 3.53. The van der Waals surface area contributed by atoms with E-state index in [0.717, 1.165) is 33.8 Å². The van der Waals surface area contributed by atoms with Crippen LogP contribution in [0.3, 0.4) is 0 Å². The second-order valence-corrected chi connectivity index (χ2v) is 7.75. The van der Waals surface area contributed by atoms with Gasteiger partial charge in [0.15, 0.2) is 0 Å². The van der Waals surface area contributed by atoms with Crippen LogP contribution in [0.1, 0.15) is 58.9 Å². The van der Waals surface area contributed by atoms with Gasteiger partial charge in [-0.2, -0.15) is 0 Å². The van der Waals surface area contributed by atoms with Crippen molar-refractivity contribution in [2.75, 3.05) is 7.11 Å². The summed E-state index contributed by atoms with van der Waals surface area (Å²) >= 11 is 0. The molecule has 138 valence electrons. The van der Waals surface area contributed by atoms with Crippen LogP contribution < -0.4 is 14.8 Å². The predicted molar refractivity (Wildman–Crippen MR) is 103 cm³/mol. The number of rotatable bonds is 3. The molecule has 0 spiro atoms. The van der Waals surface area contributed by atoms with Gasteiger partial charge >= 0.3 is 0 Å². The Bertz CT molecular complexity index is 855. The monoisotopic (exact) mass is 353 g/mol. The Morgan fingerprint density at radius 1 is 1.12 bits per heavy atom. The Morgan fingerprint density at radius 2 is 1.81 bits per heavy atom. The van der Waals surface area contributed by atoms with Crippen LogP contribution in [0.25, 0.3) is 0 Å². The van der Waals surface area contributed by atoms with Crippen LogP contribution in [0.4, 0.5) is 0 Å². The highest BCUT2D eigenvalue weighted by atomic mass is 16.5. The zero-order chi connectivity index (χ0) is 19.1. The van der Waals surface area contributed by atoms with Gasteiger partial charge < -0.3 is 14.8 Å². The highest BCUT2D eigenvalue weighted by Gasteiger charge is 2.35. The van der Waals surface area contributed by atoms with Crippen molar-refractivity contribution in [1.82, 2.24) is 5.32 Å². The molecule has 1 aliphatic heterocycles. The van der Waals surface area contributed by atoms with E-state index in [1.807, 2.05) is 52.0 Å². The van der Waals surface area contributed by atoms with E-state index in [0.29, 0.717) is 6.42 Å². The van der Waals surface area contributed by atoms with Gasteiger partial charge in [0.1, 0.15) is 17.1 Å². The molecular weight excluding hydrogens is 326 g/mol. The molecule has 0 fully saturated rings. The van der Waals surface area contributed by atoms with Gasteiger partial charge in [0, 0.05) is 17.5 Å². The molecule has 1 atom stereocenters. The van der Waals surface area contributed by atoms with Crippen LogP contribution in [-0.2, 0) is 0 Å². The number of nitrogens with one attached hydrogen (secondary N) is 1. The van der Waals surface area contributed by atoms with Crippen LogP contribution in [0.2, 0.25) is 0 Å². The number of amides is 1. The molecule has 2 aromatic carbocycles. The lowest BCUT2D eigenvalue weighted by Crippen LogP contribution is -2.41. The summed E-state index contributed by atoms with van der Waals surface area (Å²) in [4.78, 5) is 13.0. The van der Waals surface area contributed by atoms with E-state index in [2.05, 4.69) is 18.3 Å². The zero-order valence-corrected chi connectivity index (χ0v) is 16.4. The third kappa shape index (κ3) is 3.55. The summed E-state index contributed by atoms with van der Waals surface area (Å²) < 4.78 is 11.4. The van der Waals surface area contributed by atoms with Gasteiger partial charge in [-0.1, -0.05) is 6.07 Å². The van der Waals surface area contributed by atoms with Gasteiger partial charge in [-0.15, -0.1) is 0 Å². The maximum Gasteiger partial charge on any atom is 0.252 e. The molecule has 0 saturated heterocycles. The van der Waals surface area contributed by atoms with Gasteiger partial charge in [-0.25, -0.2) is 0 Å². The standard InChI is InChI=1S/C22H27NO3/c1-13-9-15(3)17(10-14(13)2)21(24)23-19-12-22(4,5)26-20-8-7-16(25-6)11-18(19)20/h7-11,19H,12H2,1-6H3,(H,23,24)/t19-/m1/s1. The number of fused-ring (bicyclic) bond motifs is 1. The van der Waals surface area contributed by atoms with E-state index >= 15 is 0 Å². The first kappa shape index (κ1) is 18.3. The fourth-order valence-electron chi connectivity index (χ4n) is 3.53. The smallest absolute Gasteiger partial charge is 0.252 e. The Morgan fingerprint density at radius 3 is 2.50 bits per heavy atom. The van der Waals surface area contributed by atoms with Gasteiger partial charge in [0.25, 0.3) is 5.91 Å². The highest BCUT2D eigenvalue weighted by Crippen LogP contribution is 2.41. The number of aryl methyl sites for hydroxylation is 3. The van der Waals surface area contributed by atoms with Crippen molar-refractivity contribution < 1.29 is 14.3 Å². The van der Waals surface area contributed by atoms with Crippen LogP contribution in [0.5, 0.6) is 11.5 Å². The Balaban J connectivity index is 1.94. The first-order chi connectivity index (χ1) is 12.2. The maximum atomic E-state index is 13.0. The van der Waals surface area contributed by atoms with E-state index < -0.39 is 0 Å². The minimum absolute atomic E-state index is 0.0536. The number of ether oxygens (including phenoxy) is 2. The molecule has 1 heterocycles. The molecule has 4 heteroatoms. The van der Waals surface area contributed by atoms with Crippen molar-refractivity contribution in [3.63, 3.8) is 0 Å². The third-order valence-electron chi connectivity index (χ3n) is 5.06. The van der Waals surface area contributed by atoms with Gasteiger partial charge in [-0.3, -0.25) is 4.79 Å². The number of methoxy groups -OCH3 is 1. The fraction of sp³-hybridized carbons (Fsp3) is 0.409. The molecule has 3 rings (SSSR count). The van der Waals surface area contributed by atoms with Crippen molar-refractivity contribution in [2.24, 2.45) is 0 Å². The van der Waals surface area contributed by atoms with E-state index in [4.69, 9.17) is 9.47 Å². The average Bonchev–Trinajstić information content (AvgIpc) is 2.56. The van der Waals surface area contributed by atoms with Crippen molar-refractivity contribution >= 4 is 5.91 Å². The van der Waals surface area contributed by atoms with Crippen molar-refractivity contribution in [2.45, 2.75) is 52.7 Å². The number of benzene rings is 2. The molecule has 2 aromatic rings. The zero-order valence-electron chi connectivity index (χ0n) is 16.4. The lowest BCUT2D eigenvalue weighted by Gasteiger charge is -2.38. The molecular formula is C22H27NO3. The number of hydrogen-bond acceptors (Lipinski definition) is 3. The van der Waals surface area contributed by atoms with Crippen LogP contribution >= 0.6 is 0 Å². The summed E-state index contributed by atoms with van der Waals surface area (Å²) in [5, 5.41) is 3.21. The van der Waals surface area contributed by atoms with E-state index in [1.165, 1.54) is 5.56 Å². The van der Waals surface area contributed by atoms with Gasteiger partial charge in [0.2, 0.25) is 0 Å². The molecule has 0 aliphatic carbocycles. The Labute approximate surface area is 155 Å². The number of hydrogen-bond donors (Lipinski definition) is 1. The van der Waals surface area contributed by atoms with E-state index in [9.17, 15) is 4.79 Å². The summed E-state index contributed by atoms with van der Waals surface area (Å²) in [6.45, 7) is 10.2. The first-order valence-electron chi connectivity index (χ1n) is 8.96. The molecule has 26 heavy (non-hydrogen) atoms. The predicted octanol–water partition coefficient (Wildman–Crippen LogP) is 4.65. The first-order valence-corrected chi connectivity index (χ1v) is 8.96. The summed E-state index contributed by atoms with van der Waals surface area (Å²) in [5.74, 6) is 1.50. The van der Waals surface area contributed by atoms with E-state index in [-0.39, 0.29) is 17.6 Å². The summed E-state index contributed by atoms with van der Waals surface area (Å²) in [5.41, 5.74) is 4.64. The summed E-state index contributed by atoms with van der Waals surface area (Å²) in [7, 11) is 1.64. The average molecular weight is 353 g/mol. The number of carbonyl (C=O) groups is 1. The normalized spacial score (nSPS) is 17.8. The van der Waals surface area contributed by atoms with Crippen molar-refractivity contribution in [1.29, 1.82) is 0 Å². The summed E-state index contributed by atoms with van der Waals surface area (Å²) in [6.07, 6.45) is 0.697. The molecule has 0 radical (unpaired) electrons.